The van der Waals surface area contributed by atoms with Crippen molar-refractivity contribution in [3.63, 3.8) is 0 Å². The Morgan fingerprint density at radius 2 is 2.35 bits per heavy atom. The molecule has 2 heterocycles. The molecule has 0 saturated carbocycles. The summed E-state index contributed by atoms with van der Waals surface area (Å²) in [5, 5.41) is 8.24. The van der Waals surface area contributed by atoms with Gasteiger partial charge in [-0.05, 0) is 13.3 Å². The number of nitrogens with zero attached hydrogens (tertiary/aromatic N) is 4. The maximum absolute atomic E-state index is 11.8. The molecule has 6 nitrogen and oxygen atoms in total. The Hall–Kier alpha value is -1.43. The molecule has 94 valence electrons. The summed E-state index contributed by atoms with van der Waals surface area (Å²) < 4.78 is 7.11. The first-order chi connectivity index (χ1) is 8.13. The lowest BCUT2D eigenvalue weighted by molar-refractivity contribution is -0.140. The third-order valence-corrected chi connectivity index (χ3v) is 3.14. The zero-order valence-electron chi connectivity index (χ0n) is 10.5. The lowest BCUT2D eigenvalue weighted by atomic mass is 10.3. The molecule has 2 rings (SSSR count). The molecule has 0 aromatic carbocycles. The summed E-state index contributed by atoms with van der Waals surface area (Å²) in [4.78, 5) is 13.5. The Labute approximate surface area is 101 Å². The highest BCUT2D eigenvalue weighted by atomic mass is 16.5. The number of likely N-dealkylation sites (N-methyl/N-ethyl adjacent to an activating group) is 1. The number of carbonyl (C=O) groups excluding carboxylic acids is 1. The molecule has 1 aromatic rings. The van der Waals surface area contributed by atoms with E-state index in [1.54, 1.807) is 18.9 Å². The highest BCUT2D eigenvalue weighted by molar-refractivity contribution is 5.80. The average Bonchev–Trinajstić information content (AvgIpc) is 2.91. The molecule has 0 aliphatic carbocycles. The molecule has 0 spiro atoms. The molecule has 0 fully saturated rings. The van der Waals surface area contributed by atoms with Crippen LogP contribution in [0, 0.1) is 0 Å². The van der Waals surface area contributed by atoms with Gasteiger partial charge in [-0.2, -0.15) is 0 Å². The van der Waals surface area contributed by atoms with E-state index in [0.29, 0.717) is 6.54 Å². The fourth-order valence-electron chi connectivity index (χ4n) is 2.03. The van der Waals surface area contributed by atoms with Crippen molar-refractivity contribution < 1.29 is 9.53 Å². The van der Waals surface area contributed by atoms with Gasteiger partial charge in [-0.15, -0.1) is 10.2 Å². The lowest BCUT2D eigenvalue weighted by Crippen LogP contribution is -2.36. The number of carbonyl (C=O) groups is 1. The second-order valence-electron chi connectivity index (χ2n) is 4.36. The van der Waals surface area contributed by atoms with Crippen LogP contribution < -0.4 is 0 Å². The predicted molar refractivity (Wildman–Crippen MR) is 61.3 cm³/mol. The molecule has 0 N–H and O–H groups in total. The highest BCUT2D eigenvalue weighted by Gasteiger charge is 2.22. The van der Waals surface area contributed by atoms with Crippen LogP contribution in [0.25, 0.3) is 0 Å². The Bertz CT molecular complexity index is 416. The minimum Gasteiger partial charge on any atom is -0.372 e. The molecule has 1 aromatic heterocycles. The van der Waals surface area contributed by atoms with Crippen molar-refractivity contribution in [3.8, 4) is 0 Å². The smallest absolute Gasteiger partial charge is 0.251 e. The number of aromatic nitrogens is 3. The third kappa shape index (κ3) is 2.31. The molecule has 0 bridgehead atoms. The van der Waals surface area contributed by atoms with Gasteiger partial charge in [0.1, 0.15) is 11.9 Å². The summed E-state index contributed by atoms with van der Waals surface area (Å²) in [5.74, 6) is 1.85. The normalized spacial score (nSPS) is 15.7. The highest BCUT2D eigenvalue weighted by Crippen LogP contribution is 2.15. The quantitative estimate of drug-likeness (QED) is 0.752. The van der Waals surface area contributed by atoms with E-state index < -0.39 is 6.10 Å². The van der Waals surface area contributed by atoms with Crippen molar-refractivity contribution in [1.82, 2.24) is 19.7 Å². The van der Waals surface area contributed by atoms with Crippen LogP contribution >= 0.6 is 0 Å². The summed E-state index contributed by atoms with van der Waals surface area (Å²) in [6, 6.07) is 0. The van der Waals surface area contributed by atoms with Crippen LogP contribution in [-0.4, -0.2) is 45.8 Å². The fourth-order valence-corrected chi connectivity index (χ4v) is 2.03. The molecule has 0 radical (unpaired) electrons. The van der Waals surface area contributed by atoms with Crippen LogP contribution in [0.1, 0.15) is 25.0 Å². The van der Waals surface area contributed by atoms with Crippen molar-refractivity contribution >= 4 is 5.91 Å². The van der Waals surface area contributed by atoms with Gasteiger partial charge in [-0.1, -0.05) is 0 Å². The first-order valence-electron chi connectivity index (χ1n) is 5.82. The summed E-state index contributed by atoms with van der Waals surface area (Å²) in [6.07, 6.45) is 1.68. The number of hydrogen-bond donors (Lipinski definition) is 0. The zero-order chi connectivity index (χ0) is 12.4. The molecular formula is C11H18N4O2. The Morgan fingerprint density at radius 1 is 1.59 bits per heavy atom. The Morgan fingerprint density at radius 3 is 3.06 bits per heavy atom. The van der Waals surface area contributed by atoms with Gasteiger partial charge in [-0.3, -0.25) is 4.79 Å². The maximum atomic E-state index is 11.8. The number of ether oxygens (including phenoxy) is 1. The van der Waals surface area contributed by atoms with E-state index in [1.165, 1.54) is 7.11 Å². The fraction of sp³-hybridized carbons (Fsp3) is 0.727. The third-order valence-electron chi connectivity index (χ3n) is 3.14. The zero-order valence-corrected chi connectivity index (χ0v) is 10.5. The van der Waals surface area contributed by atoms with Crippen LogP contribution in [0.4, 0.5) is 0 Å². The molecule has 6 heteroatoms. The van der Waals surface area contributed by atoms with Crippen LogP contribution in [0.15, 0.2) is 0 Å². The van der Waals surface area contributed by atoms with E-state index in [4.69, 9.17) is 4.74 Å². The standard InChI is InChI=1S/C11H18N4O2/c1-8(17-3)11(16)14(2)7-10-13-12-9-5-4-6-15(9)10/h8H,4-7H2,1-3H3. The topological polar surface area (TPSA) is 60.2 Å². The first kappa shape index (κ1) is 12.0. The molecule has 1 aliphatic heterocycles. The first-order valence-corrected chi connectivity index (χ1v) is 5.82. The van der Waals surface area contributed by atoms with Gasteiger partial charge in [0, 0.05) is 27.1 Å². The van der Waals surface area contributed by atoms with E-state index in [0.717, 1.165) is 31.0 Å². The molecule has 1 aliphatic rings. The number of fused-ring (bicyclic) bond motifs is 1. The van der Waals surface area contributed by atoms with Crippen LogP contribution in [0.3, 0.4) is 0 Å². The monoisotopic (exact) mass is 238 g/mol. The average molecular weight is 238 g/mol. The van der Waals surface area contributed by atoms with E-state index in [2.05, 4.69) is 14.8 Å². The second-order valence-corrected chi connectivity index (χ2v) is 4.36. The number of rotatable bonds is 4. The minimum atomic E-state index is -0.416. The van der Waals surface area contributed by atoms with Gasteiger partial charge in [0.15, 0.2) is 5.82 Å². The van der Waals surface area contributed by atoms with Crippen molar-refractivity contribution in [2.45, 2.75) is 39.0 Å². The largest absolute Gasteiger partial charge is 0.372 e. The molecule has 1 atom stereocenters. The molecule has 1 amide bonds. The second kappa shape index (κ2) is 4.83. The Kier molecular flexibility index (Phi) is 3.42. The lowest BCUT2D eigenvalue weighted by Gasteiger charge is -2.20. The van der Waals surface area contributed by atoms with E-state index in [-0.39, 0.29) is 5.91 Å². The van der Waals surface area contributed by atoms with Crippen molar-refractivity contribution in [2.24, 2.45) is 0 Å². The molecule has 1 unspecified atom stereocenters. The van der Waals surface area contributed by atoms with Crippen LogP contribution in [0.2, 0.25) is 0 Å². The van der Waals surface area contributed by atoms with Crippen LogP contribution in [0.5, 0.6) is 0 Å². The summed E-state index contributed by atoms with van der Waals surface area (Å²) >= 11 is 0. The van der Waals surface area contributed by atoms with Crippen molar-refractivity contribution in [1.29, 1.82) is 0 Å². The molecular weight excluding hydrogens is 220 g/mol. The van der Waals surface area contributed by atoms with Gasteiger partial charge in [0.25, 0.3) is 5.91 Å². The SMILES string of the molecule is COC(C)C(=O)N(C)Cc1nnc2n1CCC2. The van der Waals surface area contributed by atoms with E-state index in [9.17, 15) is 4.79 Å². The summed E-state index contributed by atoms with van der Waals surface area (Å²) in [6.45, 7) is 3.19. The van der Waals surface area contributed by atoms with Gasteiger partial charge in [0.2, 0.25) is 0 Å². The summed E-state index contributed by atoms with van der Waals surface area (Å²) in [5.41, 5.74) is 0. The Balaban J connectivity index is 2.03. The van der Waals surface area contributed by atoms with Gasteiger partial charge < -0.3 is 14.2 Å². The summed E-state index contributed by atoms with van der Waals surface area (Å²) in [7, 11) is 3.29. The van der Waals surface area contributed by atoms with Crippen LogP contribution in [-0.2, 0) is 29.0 Å². The minimum absolute atomic E-state index is 0.0390. The van der Waals surface area contributed by atoms with Gasteiger partial charge in [-0.25, -0.2) is 0 Å². The molecule has 0 saturated heterocycles. The van der Waals surface area contributed by atoms with Gasteiger partial charge in [0.05, 0.1) is 6.54 Å². The number of aryl methyl sites for hydroxylation is 1. The maximum Gasteiger partial charge on any atom is 0.251 e. The number of hydrogen-bond acceptors (Lipinski definition) is 4. The van der Waals surface area contributed by atoms with Gasteiger partial charge >= 0.3 is 0 Å². The van der Waals surface area contributed by atoms with E-state index in [1.807, 2.05) is 0 Å². The number of methoxy groups -OCH3 is 1. The van der Waals surface area contributed by atoms with Crippen molar-refractivity contribution in [2.75, 3.05) is 14.2 Å². The van der Waals surface area contributed by atoms with E-state index >= 15 is 0 Å². The predicted octanol–water partition coefficient (Wildman–Crippen LogP) is 0.218. The molecule has 17 heavy (non-hydrogen) atoms. The number of amides is 1. The van der Waals surface area contributed by atoms with Crippen molar-refractivity contribution in [3.05, 3.63) is 11.6 Å².